The van der Waals surface area contributed by atoms with E-state index in [2.05, 4.69) is 90.4 Å². The molecule has 6 heteroatoms. The van der Waals surface area contributed by atoms with Gasteiger partial charge >= 0.3 is 0 Å². The van der Waals surface area contributed by atoms with Crippen LogP contribution >= 0.6 is 114 Å². The average molecular weight is 627 g/mol. The van der Waals surface area contributed by atoms with Crippen molar-refractivity contribution in [3.8, 4) is 0 Å². The van der Waals surface area contributed by atoms with Crippen LogP contribution in [0.1, 0.15) is 0 Å². The Morgan fingerprint density at radius 1 is 0.700 bits per heavy atom. The van der Waals surface area contributed by atoms with Crippen molar-refractivity contribution in [2.24, 2.45) is 0 Å². The first-order valence-corrected chi connectivity index (χ1v) is 6.95. The molecule has 0 N–H and O–H groups in total. The first kappa shape index (κ1) is 13.0. The maximum atomic E-state index is 5.73. The molecule has 58 valence electrons. The van der Waals surface area contributed by atoms with Crippen LogP contribution in [-0.4, -0.2) is 0 Å². The zero-order valence-corrected chi connectivity index (χ0v) is 14.4. The largest absolute Gasteiger partial charge is 0.0933 e. The second-order valence-electron chi connectivity index (χ2n) is 1.15. The van der Waals surface area contributed by atoms with Crippen molar-refractivity contribution in [3.63, 3.8) is 0 Å². The maximum Gasteiger partial charge on any atom is 0.0933 e. The molecule has 0 aromatic heterocycles. The van der Waals surface area contributed by atoms with E-state index in [9.17, 15) is 0 Å². The van der Waals surface area contributed by atoms with E-state index in [4.69, 9.17) is 23.2 Å². The number of rotatable bonds is 1. The summed E-state index contributed by atoms with van der Waals surface area (Å²) in [5, 5.41) is 0. The van der Waals surface area contributed by atoms with Crippen molar-refractivity contribution in [2.75, 3.05) is 0 Å². The molecule has 0 radical (unpaired) electrons. The van der Waals surface area contributed by atoms with Crippen LogP contribution in [0.25, 0.3) is 0 Å². The lowest BCUT2D eigenvalue weighted by Crippen LogP contribution is -1.70. The van der Waals surface area contributed by atoms with Crippen LogP contribution in [-0.2, 0) is 0 Å². The van der Waals surface area contributed by atoms with Gasteiger partial charge < -0.3 is 0 Å². The van der Waals surface area contributed by atoms with E-state index < -0.39 is 0 Å². The molecule has 0 atom stereocenters. The van der Waals surface area contributed by atoms with Crippen LogP contribution in [0.5, 0.6) is 0 Å². The van der Waals surface area contributed by atoms with E-state index in [0.717, 1.165) is 13.2 Å². The lowest BCUT2D eigenvalue weighted by atomic mass is 10.6. The predicted octanol–water partition coefficient (Wildman–Crippen LogP) is 5.54. The van der Waals surface area contributed by atoms with Crippen molar-refractivity contribution in [1.29, 1.82) is 0 Å². The molecule has 0 bridgehead atoms. The fourth-order valence-corrected chi connectivity index (χ4v) is 2.78. The normalized spacial score (nSPS) is 16.2. The molecule has 0 saturated heterocycles. The second kappa shape index (κ2) is 6.44. The predicted molar refractivity (Wildman–Crippen MR) is 81.8 cm³/mol. The Morgan fingerprint density at radius 3 is 1.00 bits per heavy atom. The second-order valence-corrected chi connectivity index (χ2v) is 7.50. The molecule has 0 aromatic carbocycles. The summed E-state index contributed by atoms with van der Waals surface area (Å²) in [4.78, 5) is 0. The van der Waals surface area contributed by atoms with E-state index in [1.807, 2.05) is 0 Å². The molecule has 0 fully saturated rings. The highest BCUT2D eigenvalue weighted by Crippen LogP contribution is 2.37. The number of hydrogen-bond donors (Lipinski definition) is 0. The van der Waals surface area contributed by atoms with Crippen LogP contribution in [0, 0.1) is 0 Å². The zero-order valence-electron chi connectivity index (χ0n) is 4.27. The molecule has 0 aliphatic carbocycles. The standard InChI is InChI=1S/C4Cl2I4/c5-3(9)1(7)2(8)4(6)10/b3-1+,4-2+. The Labute approximate surface area is 124 Å². The van der Waals surface area contributed by atoms with Crippen LogP contribution < -0.4 is 0 Å². The first-order chi connectivity index (χ1) is 4.46. The van der Waals surface area contributed by atoms with Gasteiger partial charge in [0, 0.05) is 0 Å². The quantitative estimate of drug-likeness (QED) is 0.265. The van der Waals surface area contributed by atoms with E-state index in [1.165, 1.54) is 0 Å². The summed E-state index contributed by atoms with van der Waals surface area (Å²) in [5.41, 5.74) is 0. The first-order valence-electron chi connectivity index (χ1n) is 1.88. The molecule has 0 unspecified atom stereocenters. The van der Waals surface area contributed by atoms with Gasteiger partial charge in [0.05, 0.1) is 13.2 Å². The summed E-state index contributed by atoms with van der Waals surface area (Å²) in [5.74, 6) is 0. The zero-order chi connectivity index (χ0) is 8.31. The van der Waals surface area contributed by atoms with E-state index in [1.54, 1.807) is 0 Å². The van der Waals surface area contributed by atoms with Gasteiger partial charge in [-0.3, -0.25) is 0 Å². The van der Waals surface area contributed by atoms with Crippen LogP contribution in [0.15, 0.2) is 13.2 Å². The Morgan fingerprint density at radius 2 is 0.900 bits per heavy atom. The molecule has 0 heterocycles. The lowest BCUT2D eigenvalue weighted by Gasteiger charge is -1.96. The van der Waals surface area contributed by atoms with Gasteiger partial charge in [0.1, 0.15) is 0 Å². The van der Waals surface area contributed by atoms with Crippen molar-refractivity contribution in [2.45, 2.75) is 0 Å². The molecular weight excluding hydrogens is 627 g/mol. The molecule has 0 aliphatic rings. The molecule has 0 aromatic rings. The summed E-state index contributed by atoms with van der Waals surface area (Å²) in [6.07, 6.45) is 0. The molecule has 0 spiro atoms. The van der Waals surface area contributed by atoms with Gasteiger partial charge in [0.15, 0.2) is 0 Å². The highest BCUT2D eigenvalue weighted by atomic mass is 127. The fourth-order valence-electron chi connectivity index (χ4n) is 0.166. The van der Waals surface area contributed by atoms with Crippen LogP contribution in [0.3, 0.4) is 0 Å². The van der Waals surface area contributed by atoms with Gasteiger partial charge in [-0.05, 0) is 90.4 Å². The molecule has 0 aliphatic heterocycles. The minimum atomic E-state index is 0.748. The van der Waals surface area contributed by atoms with Gasteiger partial charge in [-0.15, -0.1) is 0 Å². The Balaban J connectivity index is 4.71. The summed E-state index contributed by atoms with van der Waals surface area (Å²) in [6.45, 7) is 0. The monoisotopic (exact) mass is 626 g/mol. The number of halogens is 6. The van der Waals surface area contributed by atoms with Crippen LogP contribution in [0.2, 0.25) is 0 Å². The topological polar surface area (TPSA) is 0 Å². The lowest BCUT2D eigenvalue weighted by molar-refractivity contribution is 2.00. The van der Waals surface area contributed by atoms with E-state index >= 15 is 0 Å². The summed E-state index contributed by atoms with van der Waals surface area (Å²) in [7, 11) is 0. The van der Waals surface area contributed by atoms with E-state index in [-0.39, 0.29) is 0 Å². The van der Waals surface area contributed by atoms with Gasteiger partial charge in [0.2, 0.25) is 0 Å². The molecule has 0 rings (SSSR count). The fraction of sp³-hybridized carbons (Fsp3) is 0. The molecular formula is C4Cl2I4. The summed E-state index contributed by atoms with van der Waals surface area (Å²) >= 11 is 19.9. The summed E-state index contributed by atoms with van der Waals surface area (Å²) < 4.78 is 3.49. The smallest absolute Gasteiger partial charge is 0.0760 e. The SMILES string of the molecule is Cl/C(I)=C(I)/C(I)=C(/Cl)I. The highest BCUT2D eigenvalue weighted by Gasteiger charge is 2.04. The van der Waals surface area contributed by atoms with E-state index in [0.29, 0.717) is 0 Å². The van der Waals surface area contributed by atoms with Gasteiger partial charge in [-0.25, -0.2) is 0 Å². The third kappa shape index (κ3) is 4.87. The third-order valence-corrected chi connectivity index (χ3v) is 7.87. The molecule has 0 nitrogen and oxygen atoms in total. The maximum absolute atomic E-state index is 5.73. The molecule has 0 amide bonds. The average Bonchev–Trinajstić information content (AvgIpc) is 1.84. The van der Waals surface area contributed by atoms with Crippen molar-refractivity contribution in [1.82, 2.24) is 0 Å². The Kier molecular flexibility index (Phi) is 8.35. The number of hydrogen-bond acceptors (Lipinski definition) is 0. The highest BCUT2D eigenvalue weighted by molar-refractivity contribution is 14.1. The number of allylic oxidation sites excluding steroid dienone is 2. The molecule has 0 saturated carbocycles. The minimum Gasteiger partial charge on any atom is -0.0760 e. The molecule has 10 heavy (non-hydrogen) atoms. The van der Waals surface area contributed by atoms with Crippen molar-refractivity contribution < 1.29 is 0 Å². The Hall–Kier alpha value is 2.98. The van der Waals surface area contributed by atoms with Crippen molar-refractivity contribution in [3.05, 3.63) is 13.2 Å². The van der Waals surface area contributed by atoms with Gasteiger partial charge in [-0.2, -0.15) is 0 Å². The van der Waals surface area contributed by atoms with Gasteiger partial charge in [0.25, 0.3) is 0 Å². The Bertz CT molecular complexity index is 165. The van der Waals surface area contributed by atoms with Gasteiger partial charge in [-0.1, -0.05) is 23.2 Å². The summed E-state index contributed by atoms with van der Waals surface area (Å²) in [6, 6.07) is 0. The van der Waals surface area contributed by atoms with Crippen LogP contribution in [0.4, 0.5) is 0 Å². The van der Waals surface area contributed by atoms with Crippen molar-refractivity contribution >= 4 is 114 Å². The minimum absolute atomic E-state index is 0.748. The third-order valence-electron chi connectivity index (χ3n) is 0.525.